The average Bonchev–Trinajstić information content (AvgIpc) is 3.21. The van der Waals surface area contributed by atoms with E-state index in [4.69, 9.17) is 9.05 Å². The van der Waals surface area contributed by atoms with Gasteiger partial charge in [-0.25, -0.2) is 4.57 Å². The number of carbonyl (C=O) groups is 1. The molecule has 3 N–H and O–H groups in total. The maximum atomic E-state index is 12.9. The molecule has 0 aliphatic rings. The Morgan fingerprint density at radius 1 is 0.541 bits per heavy atom. The monoisotopic (exact) mass is 882 g/mol. The van der Waals surface area contributed by atoms with Gasteiger partial charge in [-0.05, 0) is 57.8 Å². The van der Waals surface area contributed by atoms with Gasteiger partial charge in [0.25, 0.3) is 0 Å². The third-order valence-electron chi connectivity index (χ3n) is 11.6. The smallest absolute Gasteiger partial charge is 0.387 e. The second kappa shape index (κ2) is 43.9. The lowest BCUT2D eigenvalue weighted by Crippen LogP contribution is -2.45. The largest absolute Gasteiger partial charge is 0.472 e. The van der Waals surface area contributed by atoms with Crippen molar-refractivity contribution in [3.63, 3.8) is 0 Å². The van der Waals surface area contributed by atoms with Crippen LogP contribution in [0.15, 0.2) is 36.5 Å². The number of carbonyl (C=O) groups excluding carboxylic acids is 1. The van der Waals surface area contributed by atoms with Crippen molar-refractivity contribution in [2.24, 2.45) is 0 Å². The van der Waals surface area contributed by atoms with Gasteiger partial charge in [0.05, 0.1) is 39.9 Å². The minimum Gasteiger partial charge on any atom is -0.387 e. The zero-order valence-corrected chi connectivity index (χ0v) is 41.8. The summed E-state index contributed by atoms with van der Waals surface area (Å²) >= 11 is 0. The first-order chi connectivity index (χ1) is 29.5. The number of hydrogen-bond donors (Lipinski definition) is 3. The highest BCUT2D eigenvalue weighted by atomic mass is 31.2. The summed E-state index contributed by atoms with van der Waals surface area (Å²) in [6.45, 7) is 4.78. The number of nitrogens with one attached hydrogen (secondary N) is 1. The maximum absolute atomic E-state index is 12.9. The number of phosphoric acid groups is 1. The number of rotatable bonds is 47. The Bertz CT molecular complexity index is 1090. The third-order valence-corrected chi connectivity index (χ3v) is 12.6. The van der Waals surface area contributed by atoms with Gasteiger partial charge in [-0.3, -0.25) is 13.8 Å². The molecule has 3 unspecified atom stereocenters. The Morgan fingerprint density at radius 2 is 0.902 bits per heavy atom. The summed E-state index contributed by atoms with van der Waals surface area (Å²) in [4.78, 5) is 23.1. The van der Waals surface area contributed by atoms with Gasteiger partial charge >= 0.3 is 7.82 Å². The lowest BCUT2D eigenvalue weighted by Gasteiger charge is -2.25. The van der Waals surface area contributed by atoms with Crippen LogP contribution in [0, 0.1) is 0 Å². The molecule has 0 fully saturated rings. The van der Waals surface area contributed by atoms with E-state index in [1.165, 1.54) is 180 Å². The van der Waals surface area contributed by atoms with Gasteiger partial charge in [0.1, 0.15) is 13.2 Å². The Balaban J connectivity index is 4.10. The molecular weight excluding hydrogens is 780 g/mol. The van der Waals surface area contributed by atoms with Gasteiger partial charge in [0, 0.05) is 6.42 Å². The minimum absolute atomic E-state index is 0.0564. The van der Waals surface area contributed by atoms with Crippen LogP contribution >= 0.6 is 7.82 Å². The fourth-order valence-electron chi connectivity index (χ4n) is 7.46. The first-order valence-electron chi connectivity index (χ1n) is 25.9. The van der Waals surface area contributed by atoms with Crippen molar-refractivity contribution in [1.29, 1.82) is 0 Å². The number of likely N-dealkylation sites (N-methyl/N-ethyl adjacent to an activating group) is 1. The van der Waals surface area contributed by atoms with Gasteiger partial charge in [0.15, 0.2) is 0 Å². The number of hydrogen-bond acceptors (Lipinski definition) is 5. The van der Waals surface area contributed by atoms with Gasteiger partial charge in [-0.15, -0.1) is 0 Å². The van der Waals surface area contributed by atoms with E-state index in [1.807, 2.05) is 27.2 Å². The molecule has 0 radical (unpaired) electrons. The van der Waals surface area contributed by atoms with E-state index in [1.54, 1.807) is 6.08 Å². The predicted octanol–water partition coefficient (Wildman–Crippen LogP) is 15.0. The minimum atomic E-state index is -4.34. The molecule has 0 aromatic carbocycles. The van der Waals surface area contributed by atoms with Crippen molar-refractivity contribution < 1.29 is 32.9 Å². The predicted molar refractivity (Wildman–Crippen MR) is 263 cm³/mol. The van der Waals surface area contributed by atoms with Gasteiger partial charge in [-0.1, -0.05) is 211 Å². The molecule has 0 heterocycles. The lowest BCUT2D eigenvalue weighted by atomic mass is 10.0. The van der Waals surface area contributed by atoms with Gasteiger partial charge in [-0.2, -0.15) is 0 Å². The molecule has 61 heavy (non-hydrogen) atoms. The molecule has 0 aliphatic carbocycles. The molecular formula is C52H102N2O6P+. The second-order valence-electron chi connectivity index (χ2n) is 18.9. The molecule has 0 aromatic rings. The number of aliphatic hydroxyl groups excluding tert-OH is 1. The number of allylic oxidation sites excluding steroid dienone is 5. The quantitative estimate of drug-likeness (QED) is 0.0243. The summed E-state index contributed by atoms with van der Waals surface area (Å²) in [5.41, 5.74) is 0. The third kappa shape index (κ3) is 46.5. The molecule has 3 atom stereocenters. The van der Waals surface area contributed by atoms with Gasteiger partial charge < -0.3 is 19.8 Å². The summed E-state index contributed by atoms with van der Waals surface area (Å²) in [5.74, 6) is -0.188. The lowest BCUT2D eigenvalue weighted by molar-refractivity contribution is -0.870. The molecule has 1 amide bonds. The van der Waals surface area contributed by atoms with Gasteiger partial charge in [0.2, 0.25) is 5.91 Å². The number of unbranched alkanes of at least 4 members (excludes halogenated alkanes) is 30. The molecule has 360 valence electrons. The summed E-state index contributed by atoms with van der Waals surface area (Å²) in [6, 6.07) is -0.861. The van der Waals surface area contributed by atoms with Crippen LogP contribution in [0.2, 0.25) is 0 Å². The number of nitrogens with zero attached hydrogens (tertiary/aromatic N) is 1. The highest BCUT2D eigenvalue weighted by Gasteiger charge is 2.27. The number of quaternary nitrogens is 1. The van der Waals surface area contributed by atoms with E-state index in [0.29, 0.717) is 17.4 Å². The van der Waals surface area contributed by atoms with Crippen LogP contribution in [0.4, 0.5) is 0 Å². The zero-order chi connectivity index (χ0) is 45.0. The van der Waals surface area contributed by atoms with E-state index in [-0.39, 0.29) is 19.1 Å². The molecule has 0 spiro atoms. The molecule has 0 aliphatic heterocycles. The SMILES string of the molecule is CCCCCCC/C=C/CC/C=C/C(O)C(COP(=O)(O)OCC[N+](C)(C)C)NC(=O)CCCCCCCCCCCCCC/C=C\CCCCCCCCCCCCCC. The average molecular weight is 882 g/mol. The van der Waals surface area contributed by atoms with Crippen LogP contribution in [-0.2, 0) is 18.4 Å². The molecule has 0 saturated carbocycles. The second-order valence-corrected chi connectivity index (χ2v) is 20.3. The number of phosphoric ester groups is 1. The van der Waals surface area contributed by atoms with Crippen molar-refractivity contribution in [3.8, 4) is 0 Å². The Labute approximate surface area is 378 Å². The van der Waals surface area contributed by atoms with E-state index in [0.717, 1.165) is 38.5 Å². The van der Waals surface area contributed by atoms with Crippen LogP contribution in [0.5, 0.6) is 0 Å². The van der Waals surface area contributed by atoms with Crippen molar-refractivity contribution in [2.75, 3.05) is 40.9 Å². The Kier molecular flexibility index (Phi) is 43.0. The summed E-state index contributed by atoms with van der Waals surface area (Å²) in [5, 5.41) is 13.8. The first-order valence-corrected chi connectivity index (χ1v) is 27.4. The molecule has 0 aromatic heterocycles. The highest BCUT2D eigenvalue weighted by Crippen LogP contribution is 2.43. The van der Waals surface area contributed by atoms with Crippen LogP contribution < -0.4 is 5.32 Å². The zero-order valence-electron chi connectivity index (χ0n) is 40.9. The molecule has 0 bridgehead atoms. The summed E-state index contributed by atoms with van der Waals surface area (Å²) < 4.78 is 23.6. The Hall–Kier alpha value is -1.28. The Morgan fingerprint density at radius 3 is 1.31 bits per heavy atom. The standard InChI is InChI=1S/C52H101N2O6P/c1-6-8-10-12-14-16-18-19-20-21-22-23-24-25-26-27-28-29-30-31-32-33-34-36-38-40-42-44-46-52(56)53-50(49-60-61(57,58)59-48-47-54(3,4)5)51(55)45-43-41-39-37-35-17-15-13-11-9-7-2/h25-26,35,37,43,45,50-51,55H,6-24,27-34,36,38-42,44,46-49H2,1-5H3,(H-,53,56,57,58)/p+1/b26-25-,37-35+,45-43+. The van der Waals surface area contributed by atoms with Crippen molar-refractivity contribution in [1.82, 2.24) is 5.32 Å². The summed E-state index contributed by atoms with van der Waals surface area (Å²) in [7, 11) is 1.56. The van der Waals surface area contributed by atoms with E-state index >= 15 is 0 Å². The van der Waals surface area contributed by atoms with E-state index in [9.17, 15) is 19.4 Å². The molecule has 9 heteroatoms. The summed E-state index contributed by atoms with van der Waals surface area (Å²) in [6.07, 6.45) is 55.4. The first kappa shape index (κ1) is 59.7. The normalized spacial score (nSPS) is 14.4. The number of amides is 1. The highest BCUT2D eigenvalue weighted by molar-refractivity contribution is 7.47. The van der Waals surface area contributed by atoms with Crippen LogP contribution in [0.3, 0.4) is 0 Å². The van der Waals surface area contributed by atoms with Crippen molar-refractivity contribution in [2.45, 2.75) is 251 Å². The van der Waals surface area contributed by atoms with Crippen molar-refractivity contribution >= 4 is 13.7 Å². The van der Waals surface area contributed by atoms with E-state index in [2.05, 4.69) is 43.5 Å². The number of aliphatic hydroxyl groups is 1. The molecule has 0 rings (SSSR count). The van der Waals surface area contributed by atoms with Crippen molar-refractivity contribution in [3.05, 3.63) is 36.5 Å². The fraction of sp³-hybridized carbons (Fsp3) is 0.865. The van der Waals surface area contributed by atoms with E-state index < -0.39 is 20.0 Å². The van der Waals surface area contributed by atoms with Crippen LogP contribution in [-0.4, -0.2) is 73.4 Å². The van der Waals surface area contributed by atoms with Crippen LogP contribution in [0.25, 0.3) is 0 Å². The fourth-order valence-corrected chi connectivity index (χ4v) is 8.20. The van der Waals surface area contributed by atoms with Crippen LogP contribution in [0.1, 0.15) is 239 Å². The maximum Gasteiger partial charge on any atom is 0.472 e. The topological polar surface area (TPSA) is 105 Å². The molecule has 0 saturated heterocycles. The molecule has 8 nitrogen and oxygen atoms in total.